The van der Waals surface area contributed by atoms with Gasteiger partial charge in [-0.3, -0.25) is 0 Å². The zero-order valence-electron chi connectivity index (χ0n) is 9.82. The van der Waals surface area contributed by atoms with Crippen LogP contribution < -0.4 is 5.32 Å². The van der Waals surface area contributed by atoms with Crippen LogP contribution in [0.1, 0.15) is 27.7 Å². The van der Waals surface area contributed by atoms with Crippen molar-refractivity contribution in [3.63, 3.8) is 0 Å². The summed E-state index contributed by atoms with van der Waals surface area (Å²) < 4.78 is 23.3. The van der Waals surface area contributed by atoms with Crippen molar-refractivity contribution in [3.05, 3.63) is 0 Å². The van der Waals surface area contributed by atoms with Crippen molar-refractivity contribution in [2.24, 2.45) is 5.41 Å². The van der Waals surface area contributed by atoms with Crippen LogP contribution in [0.15, 0.2) is 0 Å². The van der Waals surface area contributed by atoms with Crippen LogP contribution >= 0.6 is 0 Å². The predicted octanol–water partition coefficient (Wildman–Crippen LogP) is 0.168. The second-order valence-electron chi connectivity index (χ2n) is 5.47. The summed E-state index contributed by atoms with van der Waals surface area (Å²) in [7, 11) is -3.04. The highest BCUT2D eigenvalue weighted by Crippen LogP contribution is 2.24. The molecule has 1 saturated heterocycles. The molecule has 3 unspecified atom stereocenters. The van der Waals surface area contributed by atoms with E-state index in [1.807, 2.05) is 20.8 Å². The van der Waals surface area contributed by atoms with Crippen LogP contribution in [0.25, 0.3) is 0 Å². The number of hydrogen-bond acceptors (Lipinski definition) is 4. The van der Waals surface area contributed by atoms with E-state index in [4.69, 9.17) is 0 Å². The number of aliphatic hydroxyl groups is 1. The van der Waals surface area contributed by atoms with Gasteiger partial charge < -0.3 is 10.4 Å². The maximum atomic E-state index is 11.7. The van der Waals surface area contributed by atoms with Crippen molar-refractivity contribution in [1.82, 2.24) is 5.32 Å². The van der Waals surface area contributed by atoms with Gasteiger partial charge in [-0.2, -0.15) is 0 Å². The topological polar surface area (TPSA) is 66.4 Å². The van der Waals surface area contributed by atoms with Gasteiger partial charge in [-0.15, -0.1) is 0 Å². The van der Waals surface area contributed by atoms with Gasteiger partial charge in [0.15, 0.2) is 9.84 Å². The lowest BCUT2D eigenvalue weighted by atomic mass is 9.85. The Hall–Kier alpha value is -0.130. The number of hydrogen-bond donors (Lipinski definition) is 2. The van der Waals surface area contributed by atoms with Crippen LogP contribution in [0.4, 0.5) is 0 Å². The fourth-order valence-electron chi connectivity index (χ4n) is 1.72. The van der Waals surface area contributed by atoms with Crippen LogP contribution in [-0.4, -0.2) is 43.2 Å². The molecule has 1 fully saturated rings. The van der Waals surface area contributed by atoms with E-state index < -0.39 is 15.9 Å². The van der Waals surface area contributed by atoms with Gasteiger partial charge in [-0.25, -0.2) is 8.42 Å². The van der Waals surface area contributed by atoms with Crippen molar-refractivity contribution < 1.29 is 13.5 Å². The molecule has 0 aromatic carbocycles. The maximum absolute atomic E-state index is 11.7. The zero-order chi connectivity index (χ0) is 11.9. The molecular formula is C10H21NO3S. The molecule has 2 N–H and O–H groups in total. The summed E-state index contributed by atoms with van der Waals surface area (Å²) >= 11 is 0. The molecule has 0 aromatic heterocycles. The van der Waals surface area contributed by atoms with Crippen molar-refractivity contribution in [2.75, 3.05) is 12.3 Å². The van der Waals surface area contributed by atoms with E-state index in [-0.39, 0.29) is 22.5 Å². The molecule has 5 heteroatoms. The molecule has 0 aliphatic carbocycles. The fraction of sp³-hybridized carbons (Fsp3) is 1.00. The van der Waals surface area contributed by atoms with E-state index in [0.717, 1.165) is 0 Å². The Morgan fingerprint density at radius 3 is 2.33 bits per heavy atom. The summed E-state index contributed by atoms with van der Waals surface area (Å²) in [4.78, 5) is 0. The number of sulfone groups is 1. The molecule has 0 radical (unpaired) electrons. The van der Waals surface area contributed by atoms with Crippen LogP contribution in [0.3, 0.4) is 0 Å². The summed E-state index contributed by atoms with van der Waals surface area (Å²) in [6.07, 6.45) is -0.639. The minimum absolute atomic E-state index is 0.0343. The first-order chi connectivity index (χ1) is 6.64. The van der Waals surface area contributed by atoms with Crippen LogP contribution in [0, 0.1) is 5.41 Å². The molecule has 3 atom stereocenters. The van der Waals surface area contributed by atoms with Crippen molar-refractivity contribution in [1.29, 1.82) is 0 Å². The van der Waals surface area contributed by atoms with Gasteiger partial charge in [0, 0.05) is 12.6 Å². The summed E-state index contributed by atoms with van der Waals surface area (Å²) in [5.74, 6) is 0.0343. The Bertz CT molecular complexity index is 318. The molecule has 15 heavy (non-hydrogen) atoms. The standard InChI is InChI=1S/C10H21NO3S/c1-7-5-11-8(6-15(7,13)14)9(12)10(2,3)4/h7-9,11-12H,5-6H2,1-4H3. The quantitative estimate of drug-likeness (QED) is 0.680. The molecule has 1 rings (SSSR count). The van der Waals surface area contributed by atoms with E-state index in [9.17, 15) is 13.5 Å². The summed E-state index contributed by atoms with van der Waals surface area (Å²) in [6.45, 7) is 7.85. The molecule has 0 spiro atoms. The first-order valence-corrected chi connectivity index (χ1v) is 6.99. The average molecular weight is 235 g/mol. The van der Waals surface area contributed by atoms with Gasteiger partial charge in [-0.1, -0.05) is 20.8 Å². The second kappa shape index (κ2) is 4.03. The first kappa shape index (κ1) is 12.9. The van der Waals surface area contributed by atoms with Gasteiger partial charge >= 0.3 is 0 Å². The normalized spacial score (nSPS) is 33.7. The predicted molar refractivity (Wildman–Crippen MR) is 60.5 cm³/mol. The van der Waals surface area contributed by atoms with Gasteiger partial charge in [-0.05, 0) is 12.3 Å². The van der Waals surface area contributed by atoms with Gasteiger partial charge in [0.25, 0.3) is 0 Å². The molecule has 90 valence electrons. The molecule has 0 bridgehead atoms. The van der Waals surface area contributed by atoms with E-state index in [1.54, 1.807) is 6.92 Å². The lowest BCUT2D eigenvalue weighted by Crippen LogP contribution is -2.57. The Labute approximate surface area is 92.0 Å². The van der Waals surface area contributed by atoms with Gasteiger partial charge in [0.2, 0.25) is 0 Å². The summed E-state index contributed by atoms with van der Waals surface area (Å²) in [5.41, 5.74) is -0.298. The number of rotatable bonds is 1. The first-order valence-electron chi connectivity index (χ1n) is 5.27. The smallest absolute Gasteiger partial charge is 0.155 e. The van der Waals surface area contributed by atoms with E-state index >= 15 is 0 Å². The van der Waals surface area contributed by atoms with Crippen LogP contribution in [0.5, 0.6) is 0 Å². The molecule has 1 aliphatic heterocycles. The highest BCUT2D eigenvalue weighted by atomic mass is 32.2. The number of aliphatic hydroxyl groups excluding tert-OH is 1. The highest BCUT2D eigenvalue weighted by molar-refractivity contribution is 7.92. The monoisotopic (exact) mass is 235 g/mol. The summed E-state index contributed by atoms with van der Waals surface area (Å²) in [6, 6.07) is -0.341. The average Bonchev–Trinajstić information content (AvgIpc) is 2.07. The third-order valence-electron chi connectivity index (χ3n) is 2.96. The van der Waals surface area contributed by atoms with E-state index in [2.05, 4.69) is 5.32 Å². The molecule has 4 nitrogen and oxygen atoms in total. The third-order valence-corrected chi connectivity index (χ3v) is 5.18. The minimum Gasteiger partial charge on any atom is -0.391 e. The zero-order valence-corrected chi connectivity index (χ0v) is 10.6. The lowest BCUT2D eigenvalue weighted by molar-refractivity contribution is 0.0341. The lowest BCUT2D eigenvalue weighted by Gasteiger charge is -2.37. The molecule has 0 amide bonds. The van der Waals surface area contributed by atoms with Crippen LogP contribution in [0.2, 0.25) is 0 Å². The largest absolute Gasteiger partial charge is 0.391 e. The highest BCUT2D eigenvalue weighted by Gasteiger charge is 2.38. The SMILES string of the molecule is CC1CNC(C(O)C(C)(C)C)CS1(=O)=O. The Balaban J connectivity index is 2.76. The minimum atomic E-state index is -3.04. The second-order valence-corrected chi connectivity index (χ2v) is 7.93. The fourth-order valence-corrected chi connectivity index (χ4v) is 3.20. The van der Waals surface area contributed by atoms with Gasteiger partial charge in [0.1, 0.15) is 0 Å². The molecule has 0 saturated carbocycles. The van der Waals surface area contributed by atoms with Crippen molar-refractivity contribution in [2.45, 2.75) is 45.1 Å². The van der Waals surface area contributed by atoms with Gasteiger partial charge in [0.05, 0.1) is 17.1 Å². The Morgan fingerprint density at radius 1 is 1.40 bits per heavy atom. The van der Waals surface area contributed by atoms with E-state index in [0.29, 0.717) is 6.54 Å². The molecule has 1 aliphatic rings. The molecular weight excluding hydrogens is 214 g/mol. The Kier molecular flexibility index (Phi) is 3.48. The number of nitrogens with one attached hydrogen (secondary N) is 1. The maximum Gasteiger partial charge on any atom is 0.155 e. The summed E-state index contributed by atoms with van der Waals surface area (Å²) in [5, 5.41) is 12.8. The Morgan fingerprint density at radius 2 is 1.93 bits per heavy atom. The molecule has 1 heterocycles. The van der Waals surface area contributed by atoms with E-state index in [1.165, 1.54) is 0 Å². The molecule has 0 aromatic rings. The van der Waals surface area contributed by atoms with Crippen LogP contribution in [-0.2, 0) is 9.84 Å². The van der Waals surface area contributed by atoms with Crippen molar-refractivity contribution in [3.8, 4) is 0 Å². The van der Waals surface area contributed by atoms with Crippen molar-refractivity contribution >= 4 is 9.84 Å². The third kappa shape index (κ3) is 2.92.